The van der Waals surface area contributed by atoms with Crippen molar-refractivity contribution in [3.8, 4) is 5.75 Å². The van der Waals surface area contributed by atoms with Gasteiger partial charge in [-0.15, -0.1) is 0 Å². The number of hydrogen-bond acceptors (Lipinski definition) is 4. The van der Waals surface area contributed by atoms with Gasteiger partial charge in [-0.3, -0.25) is 9.59 Å². The van der Waals surface area contributed by atoms with E-state index >= 15 is 0 Å². The zero-order valence-corrected chi connectivity index (χ0v) is 14.4. The second-order valence-electron chi connectivity index (χ2n) is 6.20. The van der Waals surface area contributed by atoms with Crippen LogP contribution in [0.15, 0.2) is 47.3 Å². The summed E-state index contributed by atoms with van der Waals surface area (Å²) in [7, 11) is 0. The number of hydrogen-bond donors (Lipinski definition) is 0. The predicted molar refractivity (Wildman–Crippen MR) is 94.8 cm³/mol. The molecule has 25 heavy (non-hydrogen) atoms. The van der Waals surface area contributed by atoms with Crippen molar-refractivity contribution in [2.45, 2.75) is 38.8 Å². The number of benzene rings is 1. The van der Waals surface area contributed by atoms with E-state index < -0.39 is 0 Å². The van der Waals surface area contributed by atoms with Crippen molar-refractivity contribution in [3.63, 3.8) is 0 Å². The van der Waals surface area contributed by atoms with Gasteiger partial charge in [0.25, 0.3) is 11.5 Å². The monoisotopic (exact) mass is 341 g/mol. The number of rotatable bonds is 5. The highest BCUT2D eigenvalue weighted by Gasteiger charge is 2.25. The maximum Gasteiger partial charge on any atom is 0.274 e. The smallest absolute Gasteiger partial charge is 0.274 e. The summed E-state index contributed by atoms with van der Waals surface area (Å²) >= 11 is 0. The minimum Gasteiger partial charge on any atom is -0.490 e. The average molecular weight is 341 g/mol. The number of aryl methyl sites for hydroxylation is 1. The molecule has 6 heteroatoms. The van der Waals surface area contributed by atoms with Crippen LogP contribution in [-0.2, 0) is 6.54 Å². The van der Waals surface area contributed by atoms with Gasteiger partial charge >= 0.3 is 0 Å². The predicted octanol–water partition coefficient (Wildman–Crippen LogP) is 2.34. The van der Waals surface area contributed by atoms with Gasteiger partial charge in [-0.05, 0) is 24.6 Å². The summed E-state index contributed by atoms with van der Waals surface area (Å²) in [5.41, 5.74) is 0.156. The van der Waals surface area contributed by atoms with Crippen LogP contribution in [0.4, 0.5) is 0 Å². The SMILES string of the molecule is CCCn1nc(C(=O)N2CCC(Oc3ccccc3)CC2)ccc1=O. The molecule has 0 unspecified atom stereocenters. The van der Waals surface area contributed by atoms with Gasteiger partial charge in [-0.25, -0.2) is 4.68 Å². The maximum atomic E-state index is 12.6. The number of ether oxygens (including phenoxy) is 1. The summed E-state index contributed by atoms with van der Waals surface area (Å²) in [5.74, 6) is 0.739. The second kappa shape index (κ2) is 7.96. The molecule has 2 aromatic rings. The lowest BCUT2D eigenvalue weighted by atomic mass is 10.1. The normalized spacial score (nSPS) is 15.2. The first-order valence-electron chi connectivity index (χ1n) is 8.76. The molecule has 1 fully saturated rings. The van der Waals surface area contributed by atoms with E-state index in [9.17, 15) is 9.59 Å². The number of aromatic nitrogens is 2. The van der Waals surface area contributed by atoms with E-state index in [1.165, 1.54) is 16.8 Å². The van der Waals surface area contributed by atoms with E-state index in [4.69, 9.17) is 4.74 Å². The number of amides is 1. The quantitative estimate of drug-likeness (QED) is 0.837. The molecule has 0 atom stereocenters. The molecule has 1 amide bonds. The van der Waals surface area contributed by atoms with Gasteiger partial charge in [0.15, 0.2) is 0 Å². The minimum absolute atomic E-state index is 0.119. The van der Waals surface area contributed by atoms with Crippen LogP contribution < -0.4 is 10.3 Å². The van der Waals surface area contributed by atoms with Crippen LogP contribution in [0.25, 0.3) is 0 Å². The van der Waals surface area contributed by atoms with Crippen molar-refractivity contribution < 1.29 is 9.53 Å². The molecule has 0 aliphatic carbocycles. The van der Waals surface area contributed by atoms with Gasteiger partial charge in [0, 0.05) is 38.5 Å². The van der Waals surface area contributed by atoms with Crippen LogP contribution in [0, 0.1) is 0 Å². The Bertz CT molecular complexity index is 765. The molecule has 3 rings (SSSR count). The summed E-state index contributed by atoms with van der Waals surface area (Å²) in [5, 5.41) is 4.21. The number of likely N-dealkylation sites (tertiary alicyclic amines) is 1. The van der Waals surface area contributed by atoms with Crippen molar-refractivity contribution in [2.24, 2.45) is 0 Å². The molecule has 1 aromatic heterocycles. The molecule has 0 bridgehead atoms. The van der Waals surface area contributed by atoms with Gasteiger partial charge in [-0.1, -0.05) is 25.1 Å². The lowest BCUT2D eigenvalue weighted by Crippen LogP contribution is -2.42. The molecule has 0 radical (unpaired) electrons. The highest BCUT2D eigenvalue weighted by molar-refractivity contribution is 5.92. The number of nitrogens with zero attached hydrogens (tertiary/aromatic N) is 3. The molecule has 1 saturated heterocycles. The molecular formula is C19H23N3O3. The minimum atomic E-state index is -0.173. The van der Waals surface area contributed by atoms with E-state index in [0.29, 0.717) is 25.3 Å². The fourth-order valence-electron chi connectivity index (χ4n) is 2.97. The van der Waals surface area contributed by atoms with Crippen molar-refractivity contribution >= 4 is 5.91 Å². The summed E-state index contributed by atoms with van der Waals surface area (Å²) in [6, 6.07) is 12.7. The van der Waals surface area contributed by atoms with Gasteiger partial charge < -0.3 is 9.64 Å². The Hall–Kier alpha value is -2.63. The molecule has 0 saturated carbocycles. The van der Waals surface area contributed by atoms with Gasteiger partial charge in [-0.2, -0.15) is 5.10 Å². The average Bonchev–Trinajstić information content (AvgIpc) is 2.65. The number of carbonyl (C=O) groups is 1. The van der Waals surface area contributed by atoms with Crippen LogP contribution in [0.5, 0.6) is 5.75 Å². The van der Waals surface area contributed by atoms with Crippen LogP contribution >= 0.6 is 0 Å². The molecule has 1 aliphatic heterocycles. The number of piperidine rings is 1. The molecule has 1 aliphatic rings. The largest absolute Gasteiger partial charge is 0.490 e. The van der Waals surface area contributed by atoms with Crippen molar-refractivity contribution in [3.05, 3.63) is 58.5 Å². The van der Waals surface area contributed by atoms with E-state index in [1.54, 1.807) is 4.90 Å². The highest BCUT2D eigenvalue weighted by Crippen LogP contribution is 2.19. The topological polar surface area (TPSA) is 64.4 Å². The summed E-state index contributed by atoms with van der Waals surface area (Å²) in [6.07, 6.45) is 2.49. The van der Waals surface area contributed by atoms with Gasteiger partial charge in [0.2, 0.25) is 0 Å². The Morgan fingerprint density at radius 1 is 1.16 bits per heavy atom. The first-order valence-corrected chi connectivity index (χ1v) is 8.76. The van der Waals surface area contributed by atoms with Crippen molar-refractivity contribution in [1.82, 2.24) is 14.7 Å². The molecule has 1 aromatic carbocycles. The zero-order valence-electron chi connectivity index (χ0n) is 14.4. The van der Waals surface area contributed by atoms with E-state index in [0.717, 1.165) is 25.0 Å². The van der Waals surface area contributed by atoms with E-state index in [-0.39, 0.29) is 17.6 Å². The Morgan fingerprint density at radius 3 is 2.56 bits per heavy atom. The molecule has 2 heterocycles. The van der Waals surface area contributed by atoms with E-state index in [2.05, 4.69) is 5.10 Å². The lowest BCUT2D eigenvalue weighted by Gasteiger charge is -2.32. The fourth-order valence-corrected chi connectivity index (χ4v) is 2.97. The highest BCUT2D eigenvalue weighted by atomic mass is 16.5. The van der Waals surface area contributed by atoms with Crippen LogP contribution in [0.1, 0.15) is 36.7 Å². The third kappa shape index (κ3) is 4.26. The summed E-state index contributed by atoms with van der Waals surface area (Å²) in [4.78, 5) is 26.2. The van der Waals surface area contributed by atoms with Gasteiger partial charge in [0.1, 0.15) is 17.5 Å². The summed E-state index contributed by atoms with van der Waals surface area (Å²) in [6.45, 7) is 3.75. The maximum absolute atomic E-state index is 12.6. The lowest BCUT2D eigenvalue weighted by molar-refractivity contribution is 0.0587. The Labute approximate surface area is 147 Å². The van der Waals surface area contributed by atoms with Crippen LogP contribution in [0.2, 0.25) is 0 Å². The van der Waals surface area contributed by atoms with Crippen LogP contribution in [0.3, 0.4) is 0 Å². The van der Waals surface area contributed by atoms with Crippen LogP contribution in [-0.4, -0.2) is 39.8 Å². The Morgan fingerprint density at radius 2 is 1.88 bits per heavy atom. The number of para-hydroxylation sites is 1. The molecule has 6 nitrogen and oxygen atoms in total. The van der Waals surface area contributed by atoms with Gasteiger partial charge in [0.05, 0.1) is 0 Å². The molecule has 132 valence electrons. The summed E-state index contributed by atoms with van der Waals surface area (Å²) < 4.78 is 7.32. The Balaban J connectivity index is 1.60. The zero-order chi connectivity index (χ0) is 17.6. The fraction of sp³-hybridized carbons (Fsp3) is 0.421. The molecule has 0 N–H and O–H groups in total. The first-order chi connectivity index (χ1) is 12.2. The first kappa shape index (κ1) is 17.2. The van der Waals surface area contributed by atoms with E-state index in [1.807, 2.05) is 37.3 Å². The molecular weight excluding hydrogens is 318 g/mol. The number of carbonyl (C=O) groups excluding carboxylic acids is 1. The van der Waals surface area contributed by atoms with Crippen molar-refractivity contribution in [2.75, 3.05) is 13.1 Å². The molecule has 0 spiro atoms. The standard InChI is InChI=1S/C19H23N3O3/c1-2-12-22-18(23)9-8-17(20-22)19(24)21-13-10-16(11-14-21)25-15-6-4-3-5-7-15/h3-9,16H,2,10-14H2,1H3. The van der Waals surface area contributed by atoms with Crippen molar-refractivity contribution in [1.29, 1.82) is 0 Å². The Kier molecular flexibility index (Phi) is 5.48. The third-order valence-electron chi connectivity index (χ3n) is 4.30. The third-order valence-corrected chi connectivity index (χ3v) is 4.30. The second-order valence-corrected chi connectivity index (χ2v) is 6.20.